The van der Waals surface area contributed by atoms with Crippen LogP contribution in [0.5, 0.6) is 0 Å². The Labute approximate surface area is 87.1 Å². The summed E-state index contributed by atoms with van der Waals surface area (Å²) in [6.45, 7) is 1.11. The van der Waals surface area contributed by atoms with Crippen LogP contribution in [0.1, 0.15) is 16.8 Å². The maximum Gasteiger partial charge on any atom is 0.335 e. The smallest absolute Gasteiger partial charge is 0.335 e. The number of alkyl halides is 1. The molecule has 3 nitrogen and oxygen atoms in total. The Morgan fingerprint density at radius 3 is 2.53 bits per heavy atom. The lowest BCUT2D eigenvalue weighted by atomic mass is 10.2. The van der Waals surface area contributed by atoms with Gasteiger partial charge in [0.25, 0.3) is 0 Å². The topological polar surface area (TPSA) is 40.5 Å². The third kappa shape index (κ3) is 2.09. The van der Waals surface area contributed by atoms with Gasteiger partial charge < -0.3 is 10.0 Å². The number of benzene rings is 1. The molecule has 0 bridgehead atoms. The zero-order valence-electron chi connectivity index (χ0n) is 8.19. The summed E-state index contributed by atoms with van der Waals surface area (Å²) in [5.41, 5.74) is 1.15. The predicted octanol–water partition coefficient (Wildman–Crippen LogP) is 1.93. The van der Waals surface area contributed by atoms with Crippen LogP contribution in [0.25, 0.3) is 0 Å². The molecule has 0 amide bonds. The largest absolute Gasteiger partial charge is 0.478 e. The molecule has 15 heavy (non-hydrogen) atoms. The number of nitrogens with zero attached hydrogens (tertiary/aromatic N) is 1. The van der Waals surface area contributed by atoms with E-state index in [4.69, 9.17) is 5.11 Å². The fourth-order valence-electron chi connectivity index (χ4n) is 1.77. The van der Waals surface area contributed by atoms with Crippen molar-refractivity contribution in [3.05, 3.63) is 29.8 Å². The minimum Gasteiger partial charge on any atom is -0.478 e. The molecule has 1 saturated heterocycles. The molecule has 1 aromatic carbocycles. The second-order valence-electron chi connectivity index (χ2n) is 3.68. The van der Waals surface area contributed by atoms with Gasteiger partial charge in [0.15, 0.2) is 0 Å². The SMILES string of the molecule is O=C(O)c1ccc(N2CC[C@@H](F)C2)cc1. The zero-order valence-corrected chi connectivity index (χ0v) is 8.19. The third-order valence-electron chi connectivity index (χ3n) is 2.61. The average molecular weight is 209 g/mol. The standard InChI is InChI=1S/C11H12FNO2/c12-9-5-6-13(7-9)10-3-1-8(2-4-10)11(14)15/h1-4,9H,5-7H2,(H,14,15)/t9-/m1/s1. The fourth-order valence-corrected chi connectivity index (χ4v) is 1.77. The monoisotopic (exact) mass is 209 g/mol. The molecule has 1 aromatic rings. The summed E-state index contributed by atoms with van der Waals surface area (Å²) in [6.07, 6.45) is -0.204. The van der Waals surface area contributed by atoms with E-state index in [2.05, 4.69) is 0 Å². The Morgan fingerprint density at radius 2 is 2.07 bits per heavy atom. The van der Waals surface area contributed by atoms with Crippen LogP contribution in [0, 0.1) is 0 Å². The number of hydrogen-bond donors (Lipinski definition) is 1. The van der Waals surface area contributed by atoms with E-state index in [-0.39, 0.29) is 5.56 Å². The van der Waals surface area contributed by atoms with Crippen LogP contribution in [0.3, 0.4) is 0 Å². The van der Waals surface area contributed by atoms with Crippen molar-refractivity contribution in [2.24, 2.45) is 0 Å². The van der Waals surface area contributed by atoms with E-state index in [1.165, 1.54) is 0 Å². The van der Waals surface area contributed by atoms with Crippen LogP contribution in [0.2, 0.25) is 0 Å². The molecule has 1 N–H and O–H groups in total. The number of hydrogen-bond acceptors (Lipinski definition) is 2. The van der Waals surface area contributed by atoms with Gasteiger partial charge in [-0.05, 0) is 30.7 Å². The van der Waals surface area contributed by atoms with E-state index in [0.717, 1.165) is 5.69 Å². The van der Waals surface area contributed by atoms with Gasteiger partial charge in [0.05, 0.1) is 5.56 Å². The van der Waals surface area contributed by atoms with Crippen LogP contribution >= 0.6 is 0 Å². The zero-order chi connectivity index (χ0) is 10.8. The van der Waals surface area contributed by atoms with Crippen molar-refractivity contribution >= 4 is 11.7 Å². The van der Waals surface area contributed by atoms with Gasteiger partial charge in [-0.3, -0.25) is 0 Å². The van der Waals surface area contributed by atoms with Gasteiger partial charge in [0.2, 0.25) is 0 Å². The Hall–Kier alpha value is -1.58. The molecule has 1 atom stereocenters. The number of halogens is 1. The Morgan fingerprint density at radius 1 is 1.40 bits per heavy atom. The molecule has 2 rings (SSSR count). The quantitative estimate of drug-likeness (QED) is 0.809. The summed E-state index contributed by atoms with van der Waals surface area (Å²) in [5.74, 6) is -0.939. The molecule has 0 aromatic heterocycles. The normalized spacial score (nSPS) is 20.6. The number of carboxylic acids is 1. The first kappa shape index (κ1) is 9.96. The summed E-state index contributed by atoms with van der Waals surface area (Å²) in [7, 11) is 0. The molecule has 0 spiro atoms. The minimum atomic E-state index is -0.939. The molecule has 80 valence electrons. The van der Waals surface area contributed by atoms with Gasteiger partial charge in [-0.15, -0.1) is 0 Å². The highest BCUT2D eigenvalue weighted by Gasteiger charge is 2.21. The summed E-state index contributed by atoms with van der Waals surface area (Å²) >= 11 is 0. The van der Waals surface area contributed by atoms with Crippen molar-refractivity contribution in [1.82, 2.24) is 0 Å². The van der Waals surface area contributed by atoms with E-state index in [9.17, 15) is 9.18 Å². The maximum absolute atomic E-state index is 12.9. The first-order valence-corrected chi connectivity index (χ1v) is 4.89. The van der Waals surface area contributed by atoms with E-state index >= 15 is 0 Å². The summed E-state index contributed by atoms with van der Waals surface area (Å²) in [6, 6.07) is 6.54. The second-order valence-corrected chi connectivity index (χ2v) is 3.68. The lowest BCUT2D eigenvalue weighted by Gasteiger charge is -2.17. The van der Waals surface area contributed by atoms with Crippen molar-refractivity contribution < 1.29 is 14.3 Å². The van der Waals surface area contributed by atoms with E-state index in [1.54, 1.807) is 24.3 Å². The molecule has 4 heteroatoms. The van der Waals surface area contributed by atoms with Crippen molar-refractivity contribution in [3.8, 4) is 0 Å². The molecule has 1 fully saturated rings. The van der Waals surface area contributed by atoms with Crippen LogP contribution in [0.15, 0.2) is 24.3 Å². The molecule has 0 saturated carbocycles. The van der Waals surface area contributed by atoms with Crippen LogP contribution in [-0.2, 0) is 0 Å². The minimum absolute atomic E-state index is 0.259. The summed E-state index contributed by atoms with van der Waals surface area (Å²) < 4.78 is 12.9. The number of aromatic carboxylic acids is 1. The summed E-state index contributed by atoms with van der Waals surface area (Å²) in [4.78, 5) is 12.5. The molecule has 1 heterocycles. The highest BCUT2D eigenvalue weighted by atomic mass is 19.1. The van der Waals surface area contributed by atoms with E-state index in [1.807, 2.05) is 4.90 Å². The lowest BCUT2D eigenvalue weighted by molar-refractivity contribution is 0.0697. The fraction of sp³-hybridized carbons (Fsp3) is 0.364. The van der Waals surface area contributed by atoms with Crippen LogP contribution in [0.4, 0.5) is 10.1 Å². The van der Waals surface area contributed by atoms with Crippen LogP contribution in [-0.4, -0.2) is 30.3 Å². The Kier molecular flexibility index (Phi) is 2.58. The van der Waals surface area contributed by atoms with Crippen molar-refractivity contribution in [1.29, 1.82) is 0 Å². The first-order chi connectivity index (χ1) is 7.16. The molecule has 0 radical (unpaired) electrons. The van der Waals surface area contributed by atoms with Gasteiger partial charge in [-0.2, -0.15) is 0 Å². The molecule has 0 unspecified atom stereocenters. The number of carbonyl (C=O) groups is 1. The maximum atomic E-state index is 12.9. The first-order valence-electron chi connectivity index (χ1n) is 4.89. The molecule has 1 aliphatic rings. The van der Waals surface area contributed by atoms with Gasteiger partial charge >= 0.3 is 5.97 Å². The Bertz CT molecular complexity index is 363. The third-order valence-corrected chi connectivity index (χ3v) is 2.61. The van der Waals surface area contributed by atoms with Crippen molar-refractivity contribution in [2.45, 2.75) is 12.6 Å². The van der Waals surface area contributed by atoms with Gasteiger partial charge in [0, 0.05) is 18.8 Å². The van der Waals surface area contributed by atoms with Gasteiger partial charge in [-0.1, -0.05) is 0 Å². The summed E-state index contributed by atoms with van der Waals surface area (Å²) in [5, 5.41) is 8.71. The number of rotatable bonds is 2. The molecule has 0 aliphatic carbocycles. The van der Waals surface area contributed by atoms with E-state index < -0.39 is 12.1 Å². The van der Waals surface area contributed by atoms with Gasteiger partial charge in [0.1, 0.15) is 6.17 Å². The molecule has 1 aliphatic heterocycles. The van der Waals surface area contributed by atoms with Gasteiger partial charge in [-0.25, -0.2) is 9.18 Å². The number of carboxylic acid groups (broad SMARTS) is 1. The highest BCUT2D eigenvalue weighted by Crippen LogP contribution is 2.22. The van der Waals surface area contributed by atoms with Crippen LogP contribution < -0.4 is 4.90 Å². The predicted molar refractivity (Wildman–Crippen MR) is 55.1 cm³/mol. The number of anilines is 1. The molecular weight excluding hydrogens is 197 g/mol. The highest BCUT2D eigenvalue weighted by molar-refractivity contribution is 5.88. The van der Waals surface area contributed by atoms with E-state index in [0.29, 0.717) is 19.5 Å². The van der Waals surface area contributed by atoms with Crippen molar-refractivity contribution in [3.63, 3.8) is 0 Å². The average Bonchev–Trinajstić information content (AvgIpc) is 2.65. The molecular formula is C11H12FNO2. The lowest BCUT2D eigenvalue weighted by Crippen LogP contribution is -2.19. The second kappa shape index (κ2) is 3.88. The van der Waals surface area contributed by atoms with Crippen molar-refractivity contribution in [2.75, 3.05) is 18.0 Å². The Balaban J connectivity index is 2.13.